The van der Waals surface area contributed by atoms with E-state index in [1.165, 1.54) is 81.4 Å². The second-order valence-corrected chi connectivity index (χ2v) is 10.2. The fraction of sp³-hybridized carbons (Fsp3) is 0.633. The number of unbranched alkanes of at least 4 members (excludes halogenated alkanes) is 4. The molecule has 3 rings (SSSR count). The van der Waals surface area contributed by atoms with Crippen molar-refractivity contribution in [2.75, 3.05) is 0 Å². The van der Waals surface area contributed by atoms with Gasteiger partial charge in [0.05, 0.1) is 0 Å². The number of allylic oxidation sites excluding steroid dienone is 4. The summed E-state index contributed by atoms with van der Waals surface area (Å²) in [5, 5.41) is 8.60. The summed E-state index contributed by atoms with van der Waals surface area (Å²) in [6.07, 6.45) is 23.9. The first-order valence-corrected chi connectivity index (χ1v) is 13.2. The molecule has 32 heavy (non-hydrogen) atoms. The summed E-state index contributed by atoms with van der Waals surface area (Å²) in [5.74, 6) is 1.73. The van der Waals surface area contributed by atoms with Gasteiger partial charge in [0.1, 0.15) is 6.07 Å². The summed E-state index contributed by atoms with van der Waals surface area (Å²) in [5.41, 5.74) is 3.04. The summed E-state index contributed by atoms with van der Waals surface area (Å²) < 4.78 is 13.2. The fourth-order valence-electron chi connectivity index (χ4n) is 5.60. The molecule has 0 N–H and O–H groups in total. The fourth-order valence-corrected chi connectivity index (χ4v) is 5.60. The molecule has 0 atom stereocenters. The zero-order valence-electron chi connectivity index (χ0n) is 20.1. The van der Waals surface area contributed by atoms with E-state index < -0.39 is 5.83 Å². The molecule has 1 aromatic carbocycles. The van der Waals surface area contributed by atoms with E-state index in [-0.39, 0.29) is 5.92 Å². The maximum Gasteiger partial charge on any atom is 0.196 e. The Kier molecular flexibility index (Phi) is 10.5. The van der Waals surface area contributed by atoms with E-state index in [0.29, 0.717) is 5.92 Å². The molecule has 0 unspecified atom stereocenters. The normalized spacial score (nSPS) is 26.8. The standard InChI is InChI=1S/C30H42FN/c1-2-3-4-5-6-7-24-14-18-28(19-15-24)29-20-16-26(17-21-29)9-8-25-10-12-27(13-11-25)22-30(31)23-32/h8-9,14-15,18-19,22,25-27,29H,2-7,10-13,16-17,20-21H2,1H3/b9-8+,30-22?/t25-,26-,27-,29-. The monoisotopic (exact) mass is 435 g/mol. The molecule has 0 spiro atoms. The minimum absolute atomic E-state index is 0.252. The van der Waals surface area contributed by atoms with Gasteiger partial charge in [0.15, 0.2) is 5.83 Å². The Morgan fingerprint density at radius 3 is 2.00 bits per heavy atom. The molecule has 2 saturated carbocycles. The van der Waals surface area contributed by atoms with Gasteiger partial charge in [0.25, 0.3) is 0 Å². The number of hydrogen-bond donors (Lipinski definition) is 0. The van der Waals surface area contributed by atoms with Crippen molar-refractivity contribution < 1.29 is 4.39 Å². The van der Waals surface area contributed by atoms with Gasteiger partial charge in [-0.3, -0.25) is 0 Å². The van der Waals surface area contributed by atoms with E-state index in [4.69, 9.17) is 5.26 Å². The molecule has 0 amide bonds. The minimum atomic E-state index is -0.613. The van der Waals surface area contributed by atoms with E-state index in [2.05, 4.69) is 43.3 Å². The molecular weight excluding hydrogens is 393 g/mol. The molecule has 0 heterocycles. The van der Waals surface area contributed by atoms with Gasteiger partial charge in [-0.1, -0.05) is 69.0 Å². The SMILES string of the molecule is CCCCCCCc1ccc([C@H]2CC[C@H](/C=C/[C@H]3CC[C@H](C=C(F)C#N)CC3)CC2)cc1. The molecule has 0 aromatic heterocycles. The number of nitriles is 1. The van der Waals surface area contributed by atoms with Crippen molar-refractivity contribution in [1.82, 2.24) is 0 Å². The van der Waals surface area contributed by atoms with Crippen LogP contribution in [0.1, 0.15) is 107 Å². The molecule has 0 aliphatic heterocycles. The van der Waals surface area contributed by atoms with Crippen LogP contribution in [0.4, 0.5) is 4.39 Å². The van der Waals surface area contributed by atoms with Crippen molar-refractivity contribution in [3.8, 4) is 6.07 Å². The van der Waals surface area contributed by atoms with Gasteiger partial charge in [-0.2, -0.15) is 9.65 Å². The quantitative estimate of drug-likeness (QED) is 0.204. The molecule has 2 fully saturated rings. The third-order valence-electron chi connectivity index (χ3n) is 7.75. The predicted molar refractivity (Wildman–Crippen MR) is 133 cm³/mol. The van der Waals surface area contributed by atoms with E-state index in [0.717, 1.165) is 37.5 Å². The topological polar surface area (TPSA) is 23.8 Å². The van der Waals surface area contributed by atoms with Gasteiger partial charge in [0.2, 0.25) is 0 Å². The van der Waals surface area contributed by atoms with Crippen molar-refractivity contribution in [3.05, 3.63) is 59.4 Å². The van der Waals surface area contributed by atoms with Crippen LogP contribution in [0.25, 0.3) is 0 Å². The Morgan fingerprint density at radius 1 is 0.844 bits per heavy atom. The lowest BCUT2D eigenvalue weighted by Crippen LogP contribution is -2.14. The highest BCUT2D eigenvalue weighted by atomic mass is 19.1. The second kappa shape index (κ2) is 13.6. The third-order valence-corrected chi connectivity index (χ3v) is 7.75. The van der Waals surface area contributed by atoms with Crippen molar-refractivity contribution in [3.63, 3.8) is 0 Å². The smallest absolute Gasteiger partial charge is 0.195 e. The molecule has 1 aromatic rings. The van der Waals surface area contributed by atoms with E-state index >= 15 is 0 Å². The largest absolute Gasteiger partial charge is 0.196 e. The number of aryl methyl sites for hydroxylation is 1. The van der Waals surface area contributed by atoms with Crippen LogP contribution in [0, 0.1) is 29.1 Å². The minimum Gasteiger partial charge on any atom is -0.195 e. The molecule has 1 nitrogen and oxygen atoms in total. The average Bonchev–Trinajstić information content (AvgIpc) is 2.84. The molecule has 0 radical (unpaired) electrons. The number of halogens is 1. The zero-order chi connectivity index (χ0) is 22.6. The summed E-state index contributed by atoms with van der Waals surface area (Å²) >= 11 is 0. The first kappa shape index (κ1) is 24.8. The lowest BCUT2D eigenvalue weighted by Gasteiger charge is -2.28. The molecule has 2 aliphatic rings. The van der Waals surface area contributed by atoms with Crippen molar-refractivity contribution in [2.45, 2.75) is 103 Å². The molecule has 2 aliphatic carbocycles. The van der Waals surface area contributed by atoms with E-state index in [1.807, 2.05) is 0 Å². The number of rotatable bonds is 10. The molecule has 0 bridgehead atoms. The average molecular weight is 436 g/mol. The van der Waals surface area contributed by atoms with Crippen molar-refractivity contribution >= 4 is 0 Å². The Hall–Kier alpha value is -1.88. The highest BCUT2D eigenvalue weighted by Crippen LogP contribution is 2.37. The van der Waals surface area contributed by atoms with Gasteiger partial charge in [-0.05, 0) is 105 Å². The number of hydrogen-bond acceptors (Lipinski definition) is 1. The Morgan fingerprint density at radius 2 is 1.41 bits per heavy atom. The third kappa shape index (κ3) is 8.23. The second-order valence-electron chi connectivity index (χ2n) is 10.2. The van der Waals surface area contributed by atoms with Gasteiger partial charge >= 0.3 is 0 Å². The number of benzene rings is 1. The highest BCUT2D eigenvalue weighted by Gasteiger charge is 2.22. The lowest BCUT2D eigenvalue weighted by atomic mass is 9.77. The van der Waals surface area contributed by atoms with Gasteiger partial charge in [0, 0.05) is 0 Å². The Balaban J connectivity index is 1.36. The molecule has 174 valence electrons. The lowest BCUT2D eigenvalue weighted by molar-refractivity contribution is 0.346. The highest BCUT2D eigenvalue weighted by molar-refractivity contribution is 5.26. The van der Waals surface area contributed by atoms with Crippen LogP contribution in [0.15, 0.2) is 48.3 Å². The van der Waals surface area contributed by atoms with Crippen LogP contribution in [-0.4, -0.2) is 0 Å². The van der Waals surface area contributed by atoms with Gasteiger partial charge in [-0.25, -0.2) is 0 Å². The van der Waals surface area contributed by atoms with Crippen LogP contribution in [0.5, 0.6) is 0 Å². The van der Waals surface area contributed by atoms with Crippen molar-refractivity contribution in [1.29, 1.82) is 5.26 Å². The summed E-state index contributed by atoms with van der Waals surface area (Å²) in [6.45, 7) is 2.27. The maximum absolute atomic E-state index is 13.2. The zero-order valence-corrected chi connectivity index (χ0v) is 20.1. The van der Waals surface area contributed by atoms with Crippen LogP contribution in [0.2, 0.25) is 0 Å². The van der Waals surface area contributed by atoms with Gasteiger partial charge in [-0.15, -0.1) is 0 Å². The summed E-state index contributed by atoms with van der Waals surface area (Å²) in [4.78, 5) is 0. The summed E-state index contributed by atoms with van der Waals surface area (Å²) in [6, 6.07) is 11.1. The van der Waals surface area contributed by atoms with Crippen LogP contribution in [-0.2, 0) is 6.42 Å². The summed E-state index contributed by atoms with van der Waals surface area (Å²) in [7, 11) is 0. The Bertz CT molecular complexity index is 753. The Labute approximate surface area is 195 Å². The van der Waals surface area contributed by atoms with Crippen LogP contribution >= 0.6 is 0 Å². The first-order chi connectivity index (χ1) is 15.7. The van der Waals surface area contributed by atoms with Crippen LogP contribution in [0.3, 0.4) is 0 Å². The van der Waals surface area contributed by atoms with E-state index in [9.17, 15) is 4.39 Å². The van der Waals surface area contributed by atoms with Gasteiger partial charge < -0.3 is 0 Å². The maximum atomic E-state index is 13.2. The number of nitrogens with zero attached hydrogens (tertiary/aromatic N) is 1. The first-order valence-electron chi connectivity index (χ1n) is 13.2. The van der Waals surface area contributed by atoms with Crippen LogP contribution < -0.4 is 0 Å². The molecular formula is C30H42FN. The van der Waals surface area contributed by atoms with E-state index in [1.54, 1.807) is 6.07 Å². The van der Waals surface area contributed by atoms with Crippen molar-refractivity contribution in [2.24, 2.45) is 17.8 Å². The molecule has 2 heteroatoms. The predicted octanol–water partition coefficient (Wildman–Crippen LogP) is 9.21. The molecule has 0 saturated heterocycles.